The van der Waals surface area contributed by atoms with Crippen LogP contribution >= 0.6 is 7.91 Å². The average molecular weight is 317 g/mol. The Balaban J connectivity index is -0.0000000215. The Bertz CT molecular complexity index is 169. The van der Waals surface area contributed by atoms with Gasteiger partial charge in [0.05, 0.1) is 12.1 Å². The SMILES string of the molecule is CC(O)C(=O)[O-].O=P([O-])([O-])F.[F-].[Na+].[Na+].[Zn+2]. The molecule has 6 nitrogen and oxygen atoms in total. The number of carbonyl (C=O) groups is 1. The average Bonchev–Trinajstić information content (AvgIpc) is 1.59. The first kappa shape index (κ1) is 36.0. The largest absolute Gasteiger partial charge is 2.00 e. The summed E-state index contributed by atoms with van der Waals surface area (Å²) in [4.78, 5) is 26.2. The van der Waals surface area contributed by atoms with Crippen LogP contribution in [0.2, 0.25) is 0 Å². The maximum Gasteiger partial charge on any atom is 2.00 e. The molecule has 15 heavy (non-hydrogen) atoms. The zero-order valence-corrected chi connectivity index (χ0v) is 16.3. The third-order valence-electron chi connectivity index (χ3n) is 0.341. The van der Waals surface area contributed by atoms with Crippen LogP contribution in [0.3, 0.4) is 0 Å². The van der Waals surface area contributed by atoms with Crippen LogP contribution in [0.4, 0.5) is 4.20 Å². The first-order valence-corrected chi connectivity index (χ1v) is 3.68. The van der Waals surface area contributed by atoms with Gasteiger partial charge in [-0.25, -0.2) is 4.20 Å². The maximum absolute atomic E-state index is 10.1. The number of aliphatic hydroxyl groups excluding tert-OH is 1. The molecule has 76 valence electrons. The van der Waals surface area contributed by atoms with Gasteiger partial charge in [0.1, 0.15) is 7.91 Å². The predicted molar refractivity (Wildman–Crippen MR) is 25.4 cm³/mol. The van der Waals surface area contributed by atoms with Crippen molar-refractivity contribution < 1.29 is 117 Å². The second-order valence-electron chi connectivity index (χ2n) is 1.43. The van der Waals surface area contributed by atoms with Crippen LogP contribution in [-0.4, -0.2) is 17.2 Å². The number of rotatable bonds is 1. The second kappa shape index (κ2) is 18.4. The third kappa shape index (κ3) is 86.4. The first-order chi connectivity index (χ1) is 4.64. The van der Waals surface area contributed by atoms with Crippen molar-refractivity contribution in [2.24, 2.45) is 0 Å². The molecule has 0 radical (unpaired) electrons. The van der Waals surface area contributed by atoms with Gasteiger partial charge in [0, 0.05) is 0 Å². The van der Waals surface area contributed by atoms with Crippen molar-refractivity contribution in [1.29, 1.82) is 0 Å². The topological polar surface area (TPSA) is 124 Å². The molecule has 0 spiro atoms. The zero-order valence-electron chi connectivity index (χ0n) is 8.48. The maximum atomic E-state index is 10.1. The van der Waals surface area contributed by atoms with E-state index in [1.165, 1.54) is 0 Å². The van der Waals surface area contributed by atoms with E-state index in [1.54, 1.807) is 0 Å². The Morgan fingerprint density at radius 2 is 1.47 bits per heavy atom. The molecule has 0 aliphatic rings. The molecule has 0 aromatic rings. The standard InChI is InChI=1S/C3H6O3.FH2O3P.FH.2Na.Zn/c1-2(4)3(5)6;1-5(2,3)4;;;;/h2,4H,1H3,(H,5,6);(H2,2,3,4);1H;;;/q;;;2*+1;+2/p-4. The van der Waals surface area contributed by atoms with Gasteiger partial charge in [0.15, 0.2) is 0 Å². The molecule has 12 heteroatoms. The summed E-state index contributed by atoms with van der Waals surface area (Å²) in [6.07, 6.45) is -1.34. The van der Waals surface area contributed by atoms with Crippen molar-refractivity contribution >= 4 is 13.9 Å². The first-order valence-electron chi connectivity index (χ1n) is 2.25. The summed E-state index contributed by atoms with van der Waals surface area (Å²) in [7, 11) is -5.64. The van der Waals surface area contributed by atoms with Crippen molar-refractivity contribution in [2.75, 3.05) is 0 Å². The molecule has 1 unspecified atom stereocenters. The Morgan fingerprint density at radius 1 is 1.40 bits per heavy atom. The van der Waals surface area contributed by atoms with Gasteiger partial charge in [-0.05, 0) is 6.92 Å². The minimum Gasteiger partial charge on any atom is -1.00 e. The van der Waals surface area contributed by atoms with Crippen LogP contribution < -0.4 is 78.7 Å². The zero-order chi connectivity index (χ0) is 9.65. The van der Waals surface area contributed by atoms with Gasteiger partial charge in [0.2, 0.25) is 0 Å². The fourth-order valence-electron chi connectivity index (χ4n) is 0. The Morgan fingerprint density at radius 3 is 1.47 bits per heavy atom. The van der Waals surface area contributed by atoms with Crippen LogP contribution in [0.1, 0.15) is 6.92 Å². The summed E-state index contributed by atoms with van der Waals surface area (Å²) in [5.74, 6) is -1.44. The summed E-state index contributed by atoms with van der Waals surface area (Å²) < 4.78 is 18.6. The van der Waals surface area contributed by atoms with Crippen molar-refractivity contribution in [1.82, 2.24) is 0 Å². The minimum atomic E-state index is -5.64. The minimum absolute atomic E-state index is 0. The molecule has 0 aromatic heterocycles. The van der Waals surface area contributed by atoms with Crippen LogP contribution in [0.25, 0.3) is 0 Å². The Kier molecular flexibility index (Phi) is 44.2. The van der Waals surface area contributed by atoms with Gasteiger partial charge in [0.25, 0.3) is 0 Å². The molecule has 0 bridgehead atoms. The Labute approximate surface area is 142 Å². The van der Waals surface area contributed by atoms with E-state index in [0.717, 1.165) is 6.92 Å². The molecule has 0 aliphatic heterocycles. The van der Waals surface area contributed by atoms with Crippen molar-refractivity contribution in [2.45, 2.75) is 13.0 Å². The van der Waals surface area contributed by atoms with Gasteiger partial charge in [-0.3, -0.25) is 0 Å². The Hall–Kier alpha value is 2.06. The van der Waals surface area contributed by atoms with Crippen molar-refractivity contribution in [3.63, 3.8) is 0 Å². The molecule has 0 saturated carbocycles. The molecule has 0 aromatic carbocycles. The van der Waals surface area contributed by atoms with E-state index < -0.39 is 20.0 Å². The molecular weight excluding hydrogens is 312 g/mol. The van der Waals surface area contributed by atoms with E-state index in [4.69, 9.17) is 19.5 Å². The van der Waals surface area contributed by atoms with E-state index in [9.17, 15) is 14.1 Å². The number of carbonyl (C=O) groups excluding carboxylic acids is 1. The number of aliphatic carboxylic acids is 1. The van der Waals surface area contributed by atoms with Crippen molar-refractivity contribution in [3.05, 3.63) is 0 Å². The quantitative estimate of drug-likeness (QED) is 0.378. The summed E-state index contributed by atoms with van der Waals surface area (Å²) in [6, 6.07) is 0. The van der Waals surface area contributed by atoms with Gasteiger partial charge in [-0.15, -0.1) is 0 Å². The number of hydrogen-bond donors (Lipinski definition) is 1. The van der Waals surface area contributed by atoms with Crippen LogP contribution in [0, 0.1) is 0 Å². The summed E-state index contributed by atoms with van der Waals surface area (Å²) in [5.41, 5.74) is 0. The van der Waals surface area contributed by atoms with Crippen LogP contribution in [0.5, 0.6) is 0 Å². The van der Waals surface area contributed by atoms with E-state index >= 15 is 0 Å². The molecule has 0 aliphatic carbocycles. The van der Waals surface area contributed by atoms with Crippen LogP contribution in [0.15, 0.2) is 0 Å². The predicted octanol–water partition coefficient (Wildman–Crippen LogP) is -12.1. The van der Waals surface area contributed by atoms with Gasteiger partial charge in [-0.1, -0.05) is 0 Å². The summed E-state index contributed by atoms with van der Waals surface area (Å²) in [6.45, 7) is 1.13. The number of carboxylic acid groups (broad SMARTS) is 1. The number of hydrogen-bond acceptors (Lipinski definition) is 6. The van der Waals surface area contributed by atoms with Gasteiger partial charge >= 0.3 is 78.6 Å². The smallest absolute Gasteiger partial charge is 1.00 e. The molecule has 1 atom stereocenters. The normalized spacial score (nSPS) is 9.40. The van der Waals surface area contributed by atoms with Crippen LogP contribution in [-0.2, 0) is 28.8 Å². The fourth-order valence-corrected chi connectivity index (χ4v) is 0. The van der Waals surface area contributed by atoms with Gasteiger partial charge < -0.3 is 34.1 Å². The molecule has 1 N–H and O–H groups in total. The fraction of sp³-hybridized carbons (Fsp3) is 0.667. The second-order valence-corrected chi connectivity index (χ2v) is 2.29. The van der Waals surface area contributed by atoms with E-state index in [0.29, 0.717) is 0 Å². The number of aliphatic hydroxyl groups is 1. The van der Waals surface area contributed by atoms with E-state index in [-0.39, 0.29) is 83.3 Å². The molecule has 0 heterocycles. The molecular formula is C3H5F2Na2O6PZn. The molecule has 0 rings (SSSR count). The molecule has 0 fully saturated rings. The number of halogens is 2. The molecule has 0 amide bonds. The van der Waals surface area contributed by atoms with E-state index in [1.807, 2.05) is 0 Å². The monoisotopic (exact) mass is 316 g/mol. The van der Waals surface area contributed by atoms with E-state index in [2.05, 4.69) is 0 Å². The van der Waals surface area contributed by atoms with Crippen molar-refractivity contribution in [3.8, 4) is 0 Å². The van der Waals surface area contributed by atoms with Gasteiger partial charge in [-0.2, -0.15) is 0 Å². The summed E-state index contributed by atoms with van der Waals surface area (Å²) in [5, 5.41) is 17.3. The number of carboxylic acids is 1. The molecule has 0 saturated heterocycles. The third-order valence-corrected chi connectivity index (χ3v) is 0.341. The summed E-state index contributed by atoms with van der Waals surface area (Å²) >= 11 is 0.